The molecule has 2 fully saturated rings. The monoisotopic (exact) mass is 344 g/mol. The van der Waals surface area contributed by atoms with Crippen molar-refractivity contribution in [2.24, 2.45) is 17.8 Å². The maximum Gasteiger partial charge on any atom is 0.335 e. The molecule has 0 heterocycles. The Bertz CT molecular complexity index is 608. The first-order valence-corrected chi connectivity index (χ1v) is 9.70. The van der Waals surface area contributed by atoms with Crippen molar-refractivity contribution in [2.45, 2.75) is 64.2 Å². The molecule has 0 spiro atoms. The maximum absolute atomic E-state index is 14.2. The molecule has 1 aromatic rings. The molecule has 2 saturated carbocycles. The van der Waals surface area contributed by atoms with E-state index in [2.05, 4.69) is 13.5 Å². The Morgan fingerprint density at radius 1 is 1.08 bits per heavy atom. The lowest BCUT2D eigenvalue weighted by Gasteiger charge is -2.37. The summed E-state index contributed by atoms with van der Waals surface area (Å²) in [6.07, 6.45) is 11.4. The van der Waals surface area contributed by atoms with E-state index >= 15 is 0 Å². The van der Waals surface area contributed by atoms with Crippen molar-refractivity contribution in [3.8, 4) is 5.75 Å². The summed E-state index contributed by atoms with van der Waals surface area (Å²) >= 11 is 0. The highest BCUT2D eigenvalue weighted by molar-refractivity contribution is 5.83. The number of hydrogen-bond donors (Lipinski definition) is 0. The quantitative estimate of drug-likeness (QED) is 0.379. The van der Waals surface area contributed by atoms with Gasteiger partial charge in [0, 0.05) is 6.08 Å². The predicted molar refractivity (Wildman–Crippen MR) is 98.1 cm³/mol. The summed E-state index contributed by atoms with van der Waals surface area (Å²) in [6, 6.07) is 5.02. The Kier molecular flexibility index (Phi) is 5.93. The van der Waals surface area contributed by atoms with Crippen molar-refractivity contribution in [1.82, 2.24) is 0 Å². The van der Waals surface area contributed by atoms with Crippen molar-refractivity contribution < 1.29 is 13.9 Å². The summed E-state index contributed by atoms with van der Waals surface area (Å²) in [5, 5.41) is 0. The Balaban J connectivity index is 1.56. The van der Waals surface area contributed by atoms with Crippen molar-refractivity contribution in [3.63, 3.8) is 0 Å². The minimum Gasteiger partial charge on any atom is -0.420 e. The first kappa shape index (κ1) is 18.2. The van der Waals surface area contributed by atoms with Gasteiger partial charge in [-0.2, -0.15) is 0 Å². The number of hydrogen-bond acceptors (Lipinski definition) is 2. The highest BCUT2D eigenvalue weighted by Crippen LogP contribution is 2.44. The van der Waals surface area contributed by atoms with Gasteiger partial charge in [0.2, 0.25) is 0 Å². The molecule has 0 radical (unpaired) electrons. The fraction of sp³-hybridized carbons (Fsp3) is 0.591. The molecule has 0 aromatic heterocycles. The van der Waals surface area contributed by atoms with Crippen LogP contribution in [0.2, 0.25) is 0 Å². The Morgan fingerprint density at radius 3 is 2.24 bits per heavy atom. The molecule has 2 aliphatic rings. The van der Waals surface area contributed by atoms with Crippen LogP contribution in [0.25, 0.3) is 0 Å². The van der Waals surface area contributed by atoms with E-state index in [1.54, 1.807) is 12.1 Å². The third-order valence-electron chi connectivity index (χ3n) is 6.30. The van der Waals surface area contributed by atoms with Gasteiger partial charge in [-0.15, -0.1) is 0 Å². The van der Waals surface area contributed by atoms with Crippen LogP contribution in [-0.2, 0) is 4.79 Å². The average molecular weight is 344 g/mol. The van der Waals surface area contributed by atoms with Crippen molar-refractivity contribution in [3.05, 3.63) is 42.2 Å². The number of halogens is 1. The SMILES string of the molecule is C=CC(=O)Oc1ccc(C2CCC(C3CCC(C)CC3)CC2)cc1F. The third kappa shape index (κ3) is 4.50. The van der Waals surface area contributed by atoms with E-state index in [-0.39, 0.29) is 5.75 Å². The van der Waals surface area contributed by atoms with Crippen LogP contribution in [0.1, 0.15) is 69.8 Å². The Hall–Kier alpha value is -1.64. The van der Waals surface area contributed by atoms with Gasteiger partial charge in [0.15, 0.2) is 11.6 Å². The molecule has 0 N–H and O–H groups in total. The molecular formula is C22H29FO2. The van der Waals surface area contributed by atoms with Gasteiger partial charge in [-0.25, -0.2) is 9.18 Å². The summed E-state index contributed by atoms with van der Waals surface area (Å²) in [5.41, 5.74) is 1.03. The third-order valence-corrected chi connectivity index (χ3v) is 6.30. The summed E-state index contributed by atoms with van der Waals surface area (Å²) in [7, 11) is 0. The number of carbonyl (C=O) groups excluding carboxylic acids is 1. The minimum atomic E-state index is -0.631. The normalized spacial score (nSPS) is 29.8. The summed E-state index contributed by atoms with van der Waals surface area (Å²) in [5.74, 6) is 2.00. The molecule has 2 aliphatic carbocycles. The second-order valence-electron chi connectivity index (χ2n) is 7.95. The van der Waals surface area contributed by atoms with Gasteiger partial charge in [0.1, 0.15) is 0 Å². The Labute approximate surface area is 150 Å². The minimum absolute atomic E-state index is 0.0151. The molecule has 0 amide bonds. The lowest BCUT2D eigenvalue weighted by molar-refractivity contribution is -0.129. The van der Waals surface area contributed by atoms with Crippen LogP contribution in [0.5, 0.6) is 5.75 Å². The standard InChI is InChI=1S/C22H29FO2/c1-3-22(24)25-21-13-12-19(14-20(21)23)18-10-8-17(9-11-18)16-6-4-15(2)5-7-16/h3,12-18H,1,4-11H2,2H3. The van der Waals surface area contributed by atoms with Crippen LogP contribution in [0.4, 0.5) is 4.39 Å². The lowest BCUT2D eigenvalue weighted by Crippen LogP contribution is -2.24. The second-order valence-corrected chi connectivity index (χ2v) is 7.95. The molecule has 0 atom stereocenters. The second kappa shape index (κ2) is 8.16. The number of carbonyl (C=O) groups is 1. The van der Waals surface area contributed by atoms with Gasteiger partial charge in [0.05, 0.1) is 0 Å². The zero-order valence-corrected chi connectivity index (χ0v) is 15.2. The fourth-order valence-corrected chi connectivity index (χ4v) is 4.69. The first-order chi connectivity index (χ1) is 12.1. The van der Waals surface area contributed by atoms with Crippen LogP contribution < -0.4 is 4.74 Å². The van der Waals surface area contributed by atoms with Gasteiger partial charge in [0.25, 0.3) is 0 Å². The van der Waals surface area contributed by atoms with Crippen molar-refractivity contribution in [2.75, 3.05) is 0 Å². The molecule has 0 aliphatic heterocycles. The zero-order chi connectivity index (χ0) is 17.8. The molecule has 3 rings (SSSR count). The van der Waals surface area contributed by atoms with Gasteiger partial charge < -0.3 is 4.74 Å². The summed E-state index contributed by atoms with van der Waals surface area (Å²) < 4.78 is 19.1. The average Bonchev–Trinajstić information content (AvgIpc) is 2.64. The molecule has 0 saturated heterocycles. The first-order valence-electron chi connectivity index (χ1n) is 9.70. The molecule has 1 aromatic carbocycles. The summed E-state index contributed by atoms with van der Waals surface area (Å²) in [6.45, 7) is 5.70. The topological polar surface area (TPSA) is 26.3 Å². The van der Waals surface area contributed by atoms with Crippen LogP contribution in [0.3, 0.4) is 0 Å². The maximum atomic E-state index is 14.2. The highest BCUT2D eigenvalue weighted by Gasteiger charge is 2.30. The van der Waals surface area contributed by atoms with E-state index in [0.717, 1.165) is 42.2 Å². The summed E-state index contributed by atoms with van der Waals surface area (Å²) in [4.78, 5) is 11.2. The smallest absolute Gasteiger partial charge is 0.335 e. The van der Waals surface area contributed by atoms with Gasteiger partial charge in [-0.3, -0.25) is 0 Å². The molecule has 136 valence electrons. The van der Waals surface area contributed by atoms with Gasteiger partial charge in [-0.1, -0.05) is 32.4 Å². The van der Waals surface area contributed by atoms with E-state index in [1.165, 1.54) is 38.5 Å². The van der Waals surface area contributed by atoms with E-state index in [4.69, 9.17) is 4.74 Å². The van der Waals surface area contributed by atoms with Gasteiger partial charge >= 0.3 is 5.97 Å². The van der Waals surface area contributed by atoms with E-state index in [0.29, 0.717) is 5.92 Å². The fourth-order valence-electron chi connectivity index (χ4n) is 4.69. The van der Waals surface area contributed by atoms with Gasteiger partial charge in [-0.05, 0) is 79.9 Å². The molecule has 0 unspecified atom stereocenters. The van der Waals surface area contributed by atoms with E-state index < -0.39 is 11.8 Å². The van der Waals surface area contributed by atoms with Crippen LogP contribution in [0, 0.1) is 23.6 Å². The van der Waals surface area contributed by atoms with Crippen LogP contribution in [-0.4, -0.2) is 5.97 Å². The van der Waals surface area contributed by atoms with Crippen molar-refractivity contribution in [1.29, 1.82) is 0 Å². The predicted octanol–water partition coefficient (Wildman–Crippen LogP) is 6.02. The number of rotatable bonds is 4. The number of benzene rings is 1. The Morgan fingerprint density at radius 2 is 1.68 bits per heavy atom. The number of esters is 1. The lowest BCUT2D eigenvalue weighted by atomic mass is 9.68. The van der Waals surface area contributed by atoms with E-state index in [9.17, 15) is 9.18 Å². The number of ether oxygens (including phenoxy) is 1. The van der Waals surface area contributed by atoms with E-state index in [1.807, 2.05) is 6.07 Å². The van der Waals surface area contributed by atoms with Crippen molar-refractivity contribution >= 4 is 5.97 Å². The molecule has 0 bridgehead atoms. The molecular weight excluding hydrogens is 315 g/mol. The molecule has 25 heavy (non-hydrogen) atoms. The molecule has 3 heteroatoms. The van der Waals surface area contributed by atoms with Crippen LogP contribution in [0.15, 0.2) is 30.9 Å². The highest BCUT2D eigenvalue weighted by atomic mass is 19.1. The largest absolute Gasteiger partial charge is 0.420 e. The van der Waals surface area contributed by atoms with Crippen LogP contribution >= 0.6 is 0 Å². The molecule has 2 nitrogen and oxygen atoms in total. The zero-order valence-electron chi connectivity index (χ0n) is 15.2.